The Balaban J connectivity index is 1.52. The first-order chi connectivity index (χ1) is 12.5. The molecule has 5 nitrogen and oxygen atoms in total. The first-order valence-electron chi connectivity index (χ1n) is 9.92. The number of carbonyl (C=O) groups excluding carboxylic acids is 2. The number of nitrogens with two attached hydrogens (primary N) is 1. The molecular formula is C21H31N3O2. The molecule has 1 atom stereocenters. The van der Waals surface area contributed by atoms with Gasteiger partial charge in [0, 0.05) is 18.0 Å². The minimum Gasteiger partial charge on any atom is -0.350 e. The monoisotopic (exact) mass is 357 g/mol. The van der Waals surface area contributed by atoms with Gasteiger partial charge in [-0.05, 0) is 62.3 Å². The van der Waals surface area contributed by atoms with Crippen LogP contribution in [-0.4, -0.2) is 18.4 Å². The van der Waals surface area contributed by atoms with E-state index >= 15 is 0 Å². The van der Waals surface area contributed by atoms with E-state index in [2.05, 4.69) is 10.6 Å². The molecule has 2 amide bonds. The topological polar surface area (TPSA) is 84.2 Å². The predicted octanol–water partition coefficient (Wildman–Crippen LogP) is 3.51. The molecule has 142 valence electrons. The van der Waals surface area contributed by atoms with Gasteiger partial charge in [0.1, 0.15) is 0 Å². The maximum absolute atomic E-state index is 12.5. The molecule has 4 N–H and O–H groups in total. The van der Waals surface area contributed by atoms with E-state index in [9.17, 15) is 9.59 Å². The number of hydrogen-bond acceptors (Lipinski definition) is 3. The first-order valence-corrected chi connectivity index (χ1v) is 9.92. The molecule has 0 heterocycles. The number of anilines is 1. The van der Waals surface area contributed by atoms with Crippen LogP contribution in [0.3, 0.4) is 0 Å². The summed E-state index contributed by atoms with van der Waals surface area (Å²) in [5.41, 5.74) is 7.83. The van der Waals surface area contributed by atoms with Crippen LogP contribution in [0, 0.1) is 11.3 Å². The largest absolute Gasteiger partial charge is 0.350 e. The van der Waals surface area contributed by atoms with Crippen LogP contribution >= 0.6 is 0 Å². The molecule has 1 aromatic carbocycles. The Hall–Kier alpha value is -1.88. The molecule has 3 rings (SSSR count). The molecule has 0 radical (unpaired) electrons. The van der Waals surface area contributed by atoms with Gasteiger partial charge >= 0.3 is 0 Å². The average Bonchev–Trinajstić information content (AvgIpc) is 3.48. The summed E-state index contributed by atoms with van der Waals surface area (Å²) in [6, 6.07) is 7.68. The van der Waals surface area contributed by atoms with Crippen LogP contribution in [0.2, 0.25) is 0 Å². The van der Waals surface area contributed by atoms with Crippen molar-refractivity contribution in [1.29, 1.82) is 0 Å². The van der Waals surface area contributed by atoms with E-state index in [1.165, 1.54) is 19.3 Å². The zero-order valence-electron chi connectivity index (χ0n) is 15.7. The predicted molar refractivity (Wildman–Crippen MR) is 104 cm³/mol. The van der Waals surface area contributed by atoms with E-state index in [4.69, 9.17) is 5.73 Å². The summed E-state index contributed by atoms with van der Waals surface area (Å²) in [7, 11) is 0. The molecule has 0 spiro atoms. The minimum absolute atomic E-state index is 0.0149. The van der Waals surface area contributed by atoms with Crippen LogP contribution in [0.5, 0.6) is 0 Å². The summed E-state index contributed by atoms with van der Waals surface area (Å²) >= 11 is 0. The van der Waals surface area contributed by atoms with Gasteiger partial charge in [-0.3, -0.25) is 9.59 Å². The van der Waals surface area contributed by atoms with E-state index in [1.807, 2.05) is 31.2 Å². The Morgan fingerprint density at radius 3 is 2.38 bits per heavy atom. The van der Waals surface area contributed by atoms with Crippen molar-refractivity contribution < 1.29 is 9.59 Å². The zero-order valence-corrected chi connectivity index (χ0v) is 15.7. The third-order valence-electron chi connectivity index (χ3n) is 5.89. The maximum atomic E-state index is 12.5. The first kappa shape index (κ1) is 18.9. The minimum atomic E-state index is -0.0610. The molecule has 2 saturated carbocycles. The fourth-order valence-corrected chi connectivity index (χ4v) is 3.92. The Labute approximate surface area is 156 Å². The second-order valence-electron chi connectivity index (χ2n) is 8.12. The molecule has 0 aromatic heterocycles. The maximum Gasteiger partial charge on any atom is 0.227 e. The summed E-state index contributed by atoms with van der Waals surface area (Å²) in [5.74, 6) is 0.386. The quantitative estimate of drug-likeness (QED) is 0.698. The van der Waals surface area contributed by atoms with Gasteiger partial charge in [0.2, 0.25) is 11.8 Å². The molecule has 0 saturated heterocycles. The zero-order chi connectivity index (χ0) is 18.6. The summed E-state index contributed by atoms with van der Waals surface area (Å²) < 4.78 is 0. The molecule has 5 heteroatoms. The Morgan fingerprint density at radius 2 is 1.81 bits per heavy atom. The van der Waals surface area contributed by atoms with Gasteiger partial charge in [0.05, 0.1) is 6.04 Å². The normalized spacial score (nSPS) is 20.2. The van der Waals surface area contributed by atoms with Gasteiger partial charge in [-0.1, -0.05) is 31.4 Å². The van der Waals surface area contributed by atoms with E-state index in [0.29, 0.717) is 13.0 Å². The second-order valence-corrected chi connectivity index (χ2v) is 8.12. The summed E-state index contributed by atoms with van der Waals surface area (Å²) in [6.45, 7) is 2.58. The molecule has 0 aliphatic heterocycles. The van der Waals surface area contributed by atoms with Crippen LogP contribution < -0.4 is 16.4 Å². The highest BCUT2D eigenvalue weighted by Crippen LogP contribution is 2.38. The van der Waals surface area contributed by atoms with Crippen molar-refractivity contribution in [3.05, 3.63) is 29.8 Å². The molecule has 26 heavy (non-hydrogen) atoms. The molecule has 2 aliphatic rings. The summed E-state index contributed by atoms with van der Waals surface area (Å²) in [5, 5.41) is 6.05. The number of rotatable bonds is 7. The molecule has 2 aliphatic carbocycles. The highest BCUT2D eigenvalue weighted by Gasteiger charge is 2.33. The lowest BCUT2D eigenvalue weighted by molar-refractivity contribution is -0.124. The standard InChI is InChI=1S/C21H31N3O2/c1-15(23-19(25)13-21(14-22)11-3-2-4-12-21)16-7-9-18(10-8-16)24-20(26)17-5-6-17/h7-10,15,17H,2-6,11-14,22H2,1H3,(H,23,25)(H,24,26). The fourth-order valence-electron chi connectivity index (χ4n) is 3.92. The van der Waals surface area contributed by atoms with Gasteiger partial charge in [-0.2, -0.15) is 0 Å². The van der Waals surface area contributed by atoms with Crippen molar-refractivity contribution >= 4 is 17.5 Å². The molecule has 1 unspecified atom stereocenters. The third-order valence-corrected chi connectivity index (χ3v) is 5.89. The molecule has 2 fully saturated rings. The van der Waals surface area contributed by atoms with Crippen LogP contribution in [0.1, 0.15) is 69.9 Å². The second kappa shape index (κ2) is 8.21. The molecule has 0 bridgehead atoms. The highest BCUT2D eigenvalue weighted by molar-refractivity contribution is 5.94. The smallest absolute Gasteiger partial charge is 0.227 e. The van der Waals surface area contributed by atoms with Gasteiger partial charge < -0.3 is 16.4 Å². The summed E-state index contributed by atoms with van der Waals surface area (Å²) in [6.07, 6.45) is 8.23. The lowest BCUT2D eigenvalue weighted by atomic mass is 9.71. The number of carbonyl (C=O) groups is 2. The van der Waals surface area contributed by atoms with Crippen molar-refractivity contribution in [3.63, 3.8) is 0 Å². The van der Waals surface area contributed by atoms with Crippen LogP contribution in [-0.2, 0) is 9.59 Å². The number of nitrogens with one attached hydrogen (secondary N) is 2. The molecular weight excluding hydrogens is 326 g/mol. The van der Waals surface area contributed by atoms with Gasteiger partial charge in [-0.25, -0.2) is 0 Å². The number of benzene rings is 1. The van der Waals surface area contributed by atoms with Crippen molar-refractivity contribution in [1.82, 2.24) is 5.32 Å². The molecule has 1 aromatic rings. The van der Waals surface area contributed by atoms with Crippen LogP contribution in [0.4, 0.5) is 5.69 Å². The van der Waals surface area contributed by atoms with Gasteiger partial charge in [-0.15, -0.1) is 0 Å². The van der Waals surface area contributed by atoms with Gasteiger partial charge in [0.25, 0.3) is 0 Å². The van der Waals surface area contributed by atoms with Crippen LogP contribution in [0.15, 0.2) is 24.3 Å². The Morgan fingerprint density at radius 1 is 1.15 bits per heavy atom. The van der Waals surface area contributed by atoms with Crippen molar-refractivity contribution in [2.75, 3.05) is 11.9 Å². The third kappa shape index (κ3) is 4.85. The number of hydrogen-bond donors (Lipinski definition) is 3. The van der Waals surface area contributed by atoms with E-state index in [0.717, 1.165) is 36.9 Å². The van der Waals surface area contributed by atoms with Gasteiger partial charge in [0.15, 0.2) is 0 Å². The SMILES string of the molecule is CC(NC(=O)CC1(CN)CCCCC1)c1ccc(NC(=O)C2CC2)cc1. The Bertz CT molecular complexity index is 631. The van der Waals surface area contributed by atoms with Crippen LogP contribution in [0.25, 0.3) is 0 Å². The lowest BCUT2D eigenvalue weighted by Crippen LogP contribution is -2.39. The van der Waals surface area contributed by atoms with E-state index < -0.39 is 0 Å². The van der Waals surface area contributed by atoms with Crippen molar-refractivity contribution in [2.45, 2.75) is 64.3 Å². The fraction of sp³-hybridized carbons (Fsp3) is 0.619. The Kier molecular flexibility index (Phi) is 5.97. The summed E-state index contributed by atoms with van der Waals surface area (Å²) in [4.78, 5) is 24.3. The van der Waals surface area contributed by atoms with Crippen molar-refractivity contribution in [3.8, 4) is 0 Å². The average molecular weight is 357 g/mol. The highest BCUT2D eigenvalue weighted by atomic mass is 16.2. The van der Waals surface area contributed by atoms with E-state index in [1.54, 1.807) is 0 Å². The van der Waals surface area contributed by atoms with E-state index in [-0.39, 0.29) is 29.2 Å². The van der Waals surface area contributed by atoms with Crippen molar-refractivity contribution in [2.24, 2.45) is 17.1 Å². The lowest BCUT2D eigenvalue weighted by Gasteiger charge is -2.36. The number of amides is 2.